The quantitative estimate of drug-likeness (QED) is 0.907. The number of furan rings is 1. The molecule has 0 saturated heterocycles. The molecule has 1 heterocycles. The average molecular weight is 289 g/mol. The molecule has 0 bridgehead atoms. The van der Waals surface area contributed by atoms with Crippen molar-refractivity contribution < 1.29 is 19.1 Å². The molecule has 1 aliphatic rings. The first-order valence-electron chi connectivity index (χ1n) is 7.17. The van der Waals surface area contributed by atoms with Gasteiger partial charge in [0, 0.05) is 5.39 Å². The van der Waals surface area contributed by atoms with Gasteiger partial charge in [0.1, 0.15) is 0 Å². The second kappa shape index (κ2) is 5.41. The number of methoxy groups -OCH3 is 1. The highest BCUT2D eigenvalue weighted by molar-refractivity contribution is 5.97. The van der Waals surface area contributed by atoms with Crippen molar-refractivity contribution in [2.45, 2.75) is 31.2 Å². The summed E-state index contributed by atoms with van der Waals surface area (Å²) in [5.41, 5.74) is 0.0646. The maximum Gasteiger partial charge on any atom is 0.287 e. The van der Waals surface area contributed by atoms with E-state index in [0.29, 0.717) is 11.3 Å². The van der Waals surface area contributed by atoms with Crippen LogP contribution in [0.5, 0.6) is 5.75 Å². The van der Waals surface area contributed by atoms with Crippen LogP contribution in [0.4, 0.5) is 0 Å². The molecular weight excluding hydrogens is 270 g/mol. The van der Waals surface area contributed by atoms with E-state index in [1.807, 2.05) is 12.1 Å². The number of benzene rings is 1. The fourth-order valence-electron chi connectivity index (χ4n) is 2.99. The van der Waals surface area contributed by atoms with Crippen molar-refractivity contribution in [2.75, 3.05) is 13.7 Å². The summed E-state index contributed by atoms with van der Waals surface area (Å²) < 4.78 is 10.9. The number of carbonyl (C=O) groups excluding carboxylic acids is 1. The van der Waals surface area contributed by atoms with Crippen molar-refractivity contribution in [1.29, 1.82) is 0 Å². The molecule has 0 unspecified atom stereocenters. The molecule has 2 aromatic rings. The van der Waals surface area contributed by atoms with Crippen LogP contribution in [0, 0.1) is 0 Å². The van der Waals surface area contributed by atoms with E-state index in [-0.39, 0.29) is 18.3 Å². The van der Waals surface area contributed by atoms with Gasteiger partial charge < -0.3 is 19.6 Å². The molecule has 5 heteroatoms. The smallest absolute Gasteiger partial charge is 0.287 e. The number of fused-ring (bicyclic) bond motifs is 1. The third-order valence-corrected chi connectivity index (χ3v) is 4.19. The van der Waals surface area contributed by atoms with E-state index in [1.165, 1.54) is 0 Å². The van der Waals surface area contributed by atoms with Crippen molar-refractivity contribution in [2.24, 2.45) is 0 Å². The van der Waals surface area contributed by atoms with Crippen molar-refractivity contribution >= 4 is 16.9 Å². The molecule has 1 amide bonds. The second-order valence-electron chi connectivity index (χ2n) is 5.59. The van der Waals surface area contributed by atoms with Gasteiger partial charge in [-0.15, -0.1) is 0 Å². The highest BCUT2D eigenvalue weighted by atomic mass is 16.5. The van der Waals surface area contributed by atoms with Gasteiger partial charge in [-0.1, -0.05) is 25.0 Å². The SMILES string of the molecule is COc1cccc2cc(C(=O)NC3(CO)CCCC3)oc12. The molecule has 1 aromatic carbocycles. The molecule has 0 radical (unpaired) electrons. The number of nitrogens with one attached hydrogen (secondary N) is 1. The number of rotatable bonds is 4. The number of carbonyl (C=O) groups is 1. The molecule has 0 atom stereocenters. The molecule has 0 spiro atoms. The number of amides is 1. The Kier molecular flexibility index (Phi) is 3.59. The molecule has 5 nitrogen and oxygen atoms in total. The fourth-order valence-corrected chi connectivity index (χ4v) is 2.99. The van der Waals surface area contributed by atoms with Crippen LogP contribution in [0.2, 0.25) is 0 Å². The first kappa shape index (κ1) is 13.9. The number of para-hydroxylation sites is 1. The van der Waals surface area contributed by atoms with Crippen molar-refractivity contribution in [1.82, 2.24) is 5.32 Å². The second-order valence-corrected chi connectivity index (χ2v) is 5.59. The lowest BCUT2D eigenvalue weighted by Crippen LogP contribution is -2.49. The fraction of sp³-hybridized carbons (Fsp3) is 0.438. The molecule has 1 fully saturated rings. The van der Waals surface area contributed by atoms with E-state index in [9.17, 15) is 9.90 Å². The van der Waals surface area contributed by atoms with Gasteiger partial charge in [0.15, 0.2) is 17.1 Å². The Hall–Kier alpha value is -2.01. The number of aliphatic hydroxyl groups is 1. The summed E-state index contributed by atoms with van der Waals surface area (Å²) in [4.78, 5) is 12.4. The summed E-state index contributed by atoms with van der Waals surface area (Å²) in [6, 6.07) is 7.22. The zero-order chi connectivity index (χ0) is 14.9. The minimum absolute atomic E-state index is 0.0394. The van der Waals surface area contributed by atoms with Gasteiger partial charge in [0.05, 0.1) is 19.3 Å². The average Bonchev–Trinajstić information content (AvgIpc) is 3.13. The van der Waals surface area contributed by atoms with Crippen LogP contribution in [0.25, 0.3) is 11.0 Å². The molecule has 2 N–H and O–H groups in total. The Bertz CT molecular complexity index is 655. The van der Waals surface area contributed by atoms with Gasteiger partial charge in [-0.2, -0.15) is 0 Å². The Morgan fingerprint density at radius 1 is 1.43 bits per heavy atom. The monoisotopic (exact) mass is 289 g/mol. The number of ether oxygens (including phenoxy) is 1. The number of hydrogen-bond donors (Lipinski definition) is 2. The zero-order valence-corrected chi connectivity index (χ0v) is 12.0. The van der Waals surface area contributed by atoms with Crippen LogP contribution in [0.15, 0.2) is 28.7 Å². The van der Waals surface area contributed by atoms with Gasteiger partial charge in [-0.3, -0.25) is 4.79 Å². The predicted octanol–water partition coefficient (Wildman–Crippen LogP) is 2.48. The van der Waals surface area contributed by atoms with Gasteiger partial charge in [0.25, 0.3) is 5.91 Å². The summed E-state index contributed by atoms with van der Waals surface area (Å²) in [5.74, 6) is 0.558. The van der Waals surface area contributed by atoms with Crippen LogP contribution in [-0.4, -0.2) is 30.3 Å². The number of hydrogen-bond acceptors (Lipinski definition) is 4. The van der Waals surface area contributed by atoms with Gasteiger partial charge in [-0.25, -0.2) is 0 Å². The largest absolute Gasteiger partial charge is 0.493 e. The minimum atomic E-state index is -0.500. The highest BCUT2D eigenvalue weighted by Gasteiger charge is 2.35. The van der Waals surface area contributed by atoms with Crippen LogP contribution in [0.1, 0.15) is 36.2 Å². The molecule has 0 aliphatic heterocycles. The standard InChI is InChI=1S/C16H19NO4/c1-20-12-6-4-5-11-9-13(21-14(11)12)15(19)17-16(10-18)7-2-3-8-16/h4-6,9,18H,2-3,7-8,10H2,1H3,(H,17,19). The van der Waals surface area contributed by atoms with Gasteiger partial charge in [0.2, 0.25) is 0 Å². The molecule has 1 saturated carbocycles. The molecule has 3 rings (SSSR count). The third-order valence-electron chi connectivity index (χ3n) is 4.19. The van der Waals surface area contributed by atoms with E-state index in [2.05, 4.69) is 5.32 Å². The summed E-state index contributed by atoms with van der Waals surface area (Å²) in [6.07, 6.45) is 3.65. The Balaban J connectivity index is 1.88. The maximum absolute atomic E-state index is 12.4. The van der Waals surface area contributed by atoms with E-state index in [4.69, 9.17) is 9.15 Å². The zero-order valence-electron chi connectivity index (χ0n) is 12.0. The van der Waals surface area contributed by atoms with E-state index < -0.39 is 5.54 Å². The highest BCUT2D eigenvalue weighted by Crippen LogP contribution is 2.31. The van der Waals surface area contributed by atoms with E-state index >= 15 is 0 Å². The van der Waals surface area contributed by atoms with Crippen LogP contribution in [-0.2, 0) is 0 Å². The third kappa shape index (κ3) is 2.49. The first-order chi connectivity index (χ1) is 10.2. The van der Waals surface area contributed by atoms with Gasteiger partial charge >= 0.3 is 0 Å². The first-order valence-corrected chi connectivity index (χ1v) is 7.17. The summed E-state index contributed by atoms with van der Waals surface area (Å²) >= 11 is 0. The van der Waals surface area contributed by atoms with Crippen LogP contribution >= 0.6 is 0 Å². The predicted molar refractivity (Wildman–Crippen MR) is 78.5 cm³/mol. The topological polar surface area (TPSA) is 71.7 Å². The Morgan fingerprint density at radius 3 is 2.86 bits per heavy atom. The van der Waals surface area contributed by atoms with Gasteiger partial charge in [-0.05, 0) is 25.0 Å². The lowest BCUT2D eigenvalue weighted by Gasteiger charge is -2.27. The molecule has 21 heavy (non-hydrogen) atoms. The van der Waals surface area contributed by atoms with Crippen LogP contribution in [0.3, 0.4) is 0 Å². The molecule has 112 valence electrons. The van der Waals surface area contributed by atoms with Crippen molar-refractivity contribution in [3.63, 3.8) is 0 Å². The summed E-state index contributed by atoms with van der Waals surface area (Å²) in [7, 11) is 1.57. The summed E-state index contributed by atoms with van der Waals surface area (Å²) in [5, 5.41) is 13.3. The lowest BCUT2D eigenvalue weighted by molar-refractivity contribution is 0.0812. The van der Waals surface area contributed by atoms with Crippen LogP contribution < -0.4 is 10.1 Å². The molecular formula is C16H19NO4. The minimum Gasteiger partial charge on any atom is -0.493 e. The Morgan fingerprint density at radius 2 is 2.19 bits per heavy atom. The molecule has 1 aromatic heterocycles. The number of aliphatic hydroxyl groups excluding tert-OH is 1. The van der Waals surface area contributed by atoms with E-state index in [0.717, 1.165) is 31.1 Å². The van der Waals surface area contributed by atoms with E-state index in [1.54, 1.807) is 19.2 Å². The Labute approximate surface area is 122 Å². The maximum atomic E-state index is 12.4. The van der Waals surface area contributed by atoms with Crippen molar-refractivity contribution in [3.05, 3.63) is 30.0 Å². The lowest BCUT2D eigenvalue weighted by atomic mass is 9.99. The molecule has 1 aliphatic carbocycles. The van der Waals surface area contributed by atoms with Crippen molar-refractivity contribution in [3.8, 4) is 5.75 Å². The normalized spacial score (nSPS) is 17.0. The summed E-state index contributed by atoms with van der Waals surface area (Å²) in [6.45, 7) is -0.0394.